The zero-order valence-corrected chi connectivity index (χ0v) is 13.1. The first-order valence-corrected chi connectivity index (χ1v) is 8.13. The van der Waals surface area contributed by atoms with Crippen LogP contribution in [0.5, 0.6) is 0 Å². The zero-order chi connectivity index (χ0) is 15.6. The van der Waals surface area contributed by atoms with Gasteiger partial charge >= 0.3 is 0 Å². The molecule has 0 aliphatic carbocycles. The van der Waals surface area contributed by atoms with Crippen molar-refractivity contribution in [3.8, 4) is 0 Å². The van der Waals surface area contributed by atoms with Crippen molar-refractivity contribution in [3.63, 3.8) is 0 Å². The fraction of sp³-hybridized carbons (Fsp3) is 0.688. The van der Waals surface area contributed by atoms with Gasteiger partial charge in [-0.2, -0.15) is 0 Å². The van der Waals surface area contributed by atoms with E-state index in [0.717, 1.165) is 57.6 Å². The van der Waals surface area contributed by atoms with Crippen molar-refractivity contribution >= 4 is 5.91 Å². The van der Waals surface area contributed by atoms with Gasteiger partial charge in [-0.05, 0) is 39.2 Å². The molecule has 0 unspecified atom stereocenters. The number of carbonyl (C=O) groups is 1. The first-order chi connectivity index (χ1) is 10.6. The molecule has 3 rings (SSSR count). The van der Waals surface area contributed by atoms with Crippen LogP contribution in [0.15, 0.2) is 17.2 Å². The van der Waals surface area contributed by atoms with Crippen LogP contribution in [0.2, 0.25) is 0 Å². The van der Waals surface area contributed by atoms with Crippen LogP contribution in [0.1, 0.15) is 44.2 Å². The molecule has 1 aromatic heterocycles. The second-order valence-electron chi connectivity index (χ2n) is 6.74. The summed E-state index contributed by atoms with van der Waals surface area (Å²) in [6, 6.07) is 1.58. The van der Waals surface area contributed by atoms with E-state index in [2.05, 4.69) is 22.2 Å². The van der Waals surface area contributed by atoms with E-state index >= 15 is 0 Å². The van der Waals surface area contributed by atoms with Gasteiger partial charge in [0.15, 0.2) is 0 Å². The summed E-state index contributed by atoms with van der Waals surface area (Å²) in [5.41, 5.74) is 0.485. The van der Waals surface area contributed by atoms with Crippen molar-refractivity contribution in [1.82, 2.24) is 20.2 Å². The maximum absolute atomic E-state index is 12.8. The van der Waals surface area contributed by atoms with Gasteiger partial charge in [-0.3, -0.25) is 9.59 Å². The smallest absolute Gasteiger partial charge is 0.250 e. The molecule has 1 aromatic rings. The van der Waals surface area contributed by atoms with Gasteiger partial charge in [0, 0.05) is 31.6 Å². The van der Waals surface area contributed by atoms with E-state index in [9.17, 15) is 9.59 Å². The minimum Gasteiger partial charge on any atom is -0.342 e. The van der Waals surface area contributed by atoms with Crippen molar-refractivity contribution in [2.45, 2.75) is 38.5 Å². The Morgan fingerprint density at radius 3 is 2.82 bits per heavy atom. The Hall–Kier alpha value is -1.69. The normalized spacial score (nSPS) is 26.9. The predicted molar refractivity (Wildman–Crippen MR) is 83.6 cm³/mol. The molecule has 120 valence electrons. The summed E-state index contributed by atoms with van der Waals surface area (Å²) >= 11 is 0. The second-order valence-corrected chi connectivity index (χ2v) is 6.74. The van der Waals surface area contributed by atoms with Crippen molar-refractivity contribution in [2.75, 3.05) is 26.2 Å². The molecule has 3 heterocycles. The summed E-state index contributed by atoms with van der Waals surface area (Å²) in [4.78, 5) is 33.0. The number of nitrogens with one attached hydrogen (secondary N) is 2. The number of carbonyl (C=O) groups excluding carboxylic acids is 1. The third kappa shape index (κ3) is 3.06. The summed E-state index contributed by atoms with van der Waals surface area (Å²) in [5, 5.41) is 3.34. The number of likely N-dealkylation sites (tertiary alicyclic amines) is 1. The fourth-order valence-electron chi connectivity index (χ4n) is 3.61. The lowest BCUT2D eigenvalue weighted by Gasteiger charge is -2.40. The van der Waals surface area contributed by atoms with Crippen LogP contribution in [-0.4, -0.2) is 47.0 Å². The average molecular weight is 304 g/mol. The highest BCUT2D eigenvalue weighted by Gasteiger charge is 2.38. The van der Waals surface area contributed by atoms with E-state index in [1.54, 1.807) is 6.07 Å². The Morgan fingerprint density at radius 1 is 1.41 bits per heavy atom. The highest BCUT2D eigenvalue weighted by atomic mass is 16.2. The summed E-state index contributed by atoms with van der Waals surface area (Å²) in [5.74, 6) is 0.556. The van der Waals surface area contributed by atoms with Gasteiger partial charge in [-0.1, -0.05) is 0 Å². The lowest BCUT2D eigenvalue weighted by atomic mass is 9.80. The maximum atomic E-state index is 12.8. The van der Waals surface area contributed by atoms with Gasteiger partial charge in [0.2, 0.25) is 5.91 Å². The largest absolute Gasteiger partial charge is 0.342 e. The fourth-order valence-corrected chi connectivity index (χ4v) is 3.61. The van der Waals surface area contributed by atoms with Crippen molar-refractivity contribution < 1.29 is 4.79 Å². The van der Waals surface area contributed by atoms with Crippen molar-refractivity contribution in [1.29, 1.82) is 0 Å². The minimum absolute atomic E-state index is 0.107. The molecular formula is C16H24N4O2. The Labute approximate surface area is 130 Å². The van der Waals surface area contributed by atoms with Gasteiger partial charge in [-0.15, -0.1) is 0 Å². The van der Waals surface area contributed by atoms with Gasteiger partial charge in [0.25, 0.3) is 5.56 Å². The van der Waals surface area contributed by atoms with Crippen LogP contribution in [0.3, 0.4) is 0 Å². The number of nitrogens with zero attached hydrogens (tertiary/aromatic N) is 2. The van der Waals surface area contributed by atoms with Crippen molar-refractivity contribution in [2.24, 2.45) is 5.41 Å². The van der Waals surface area contributed by atoms with E-state index in [0.29, 0.717) is 0 Å². The minimum atomic E-state index is -0.257. The van der Waals surface area contributed by atoms with Gasteiger partial charge in [-0.25, -0.2) is 4.98 Å². The second kappa shape index (κ2) is 6.20. The van der Waals surface area contributed by atoms with Gasteiger partial charge < -0.3 is 15.2 Å². The molecule has 1 amide bonds. The average Bonchev–Trinajstić information content (AvgIpc) is 2.55. The summed E-state index contributed by atoms with van der Waals surface area (Å²) in [6.07, 6.45) is 5.26. The molecule has 1 atom stereocenters. The number of H-pyrrole nitrogens is 1. The molecule has 0 saturated carbocycles. The highest BCUT2D eigenvalue weighted by Crippen LogP contribution is 2.32. The molecule has 0 aromatic carbocycles. The van der Waals surface area contributed by atoms with Crippen LogP contribution in [-0.2, 0) is 4.79 Å². The number of aromatic nitrogens is 2. The molecule has 2 aliphatic rings. The number of rotatable bonds is 2. The molecule has 22 heavy (non-hydrogen) atoms. The van der Waals surface area contributed by atoms with Crippen LogP contribution >= 0.6 is 0 Å². The summed E-state index contributed by atoms with van der Waals surface area (Å²) < 4.78 is 0. The van der Waals surface area contributed by atoms with E-state index < -0.39 is 0 Å². The first kappa shape index (κ1) is 15.2. The molecule has 0 spiro atoms. The van der Waals surface area contributed by atoms with E-state index in [1.165, 1.54) is 6.33 Å². The Morgan fingerprint density at radius 2 is 2.18 bits per heavy atom. The molecule has 6 heteroatoms. The van der Waals surface area contributed by atoms with Crippen LogP contribution in [0.4, 0.5) is 0 Å². The molecule has 2 fully saturated rings. The highest BCUT2D eigenvalue weighted by molar-refractivity contribution is 5.82. The molecular weight excluding hydrogens is 280 g/mol. The number of amides is 1. The van der Waals surface area contributed by atoms with E-state index in [4.69, 9.17) is 0 Å². The number of hydrogen-bond acceptors (Lipinski definition) is 4. The zero-order valence-electron chi connectivity index (χ0n) is 13.1. The molecule has 2 aliphatic heterocycles. The Bertz CT molecular complexity index is 584. The van der Waals surface area contributed by atoms with E-state index in [1.807, 2.05) is 4.90 Å². The molecule has 2 N–H and O–H groups in total. The topological polar surface area (TPSA) is 78.1 Å². The standard InChI is InChI=1S/C16H24N4O2/c1-16(5-2-6-17-10-16)15(22)20-7-3-12(4-8-20)13-9-14(21)19-11-18-13/h9,11-12,17H,2-8,10H2,1H3,(H,18,19,21)/t16-/m1/s1. The van der Waals surface area contributed by atoms with Gasteiger partial charge in [0.05, 0.1) is 17.4 Å². The molecule has 6 nitrogen and oxygen atoms in total. The third-order valence-electron chi connectivity index (χ3n) is 5.01. The predicted octanol–water partition coefficient (Wildman–Crippen LogP) is 0.866. The van der Waals surface area contributed by atoms with Crippen LogP contribution < -0.4 is 10.9 Å². The third-order valence-corrected chi connectivity index (χ3v) is 5.01. The first-order valence-electron chi connectivity index (χ1n) is 8.13. The van der Waals surface area contributed by atoms with Crippen molar-refractivity contribution in [3.05, 3.63) is 28.4 Å². The summed E-state index contributed by atoms with van der Waals surface area (Å²) in [6.45, 7) is 5.38. The van der Waals surface area contributed by atoms with Gasteiger partial charge in [0.1, 0.15) is 0 Å². The van der Waals surface area contributed by atoms with Crippen LogP contribution in [0, 0.1) is 5.41 Å². The number of aromatic amines is 1. The Kier molecular flexibility index (Phi) is 4.29. The number of piperidine rings is 2. The summed E-state index contributed by atoms with van der Waals surface area (Å²) in [7, 11) is 0. The molecule has 0 radical (unpaired) electrons. The monoisotopic (exact) mass is 304 g/mol. The number of hydrogen-bond donors (Lipinski definition) is 2. The molecule has 2 saturated heterocycles. The lowest BCUT2D eigenvalue weighted by molar-refractivity contribution is -0.143. The lowest BCUT2D eigenvalue weighted by Crippen LogP contribution is -2.52. The van der Waals surface area contributed by atoms with Crippen LogP contribution in [0.25, 0.3) is 0 Å². The van der Waals surface area contributed by atoms with E-state index in [-0.39, 0.29) is 22.8 Å². The quantitative estimate of drug-likeness (QED) is 0.850. The maximum Gasteiger partial charge on any atom is 0.250 e. The SMILES string of the molecule is C[C@@]1(C(=O)N2CCC(c3cc(=O)[nH]cn3)CC2)CCCNC1. The molecule has 0 bridgehead atoms. The Balaban J connectivity index is 1.61.